The molecule has 0 aliphatic carbocycles. The molecule has 1 atom stereocenters. The molecule has 2 aromatic rings. The minimum Gasteiger partial charge on any atom is -0.369 e. The summed E-state index contributed by atoms with van der Waals surface area (Å²) in [5.41, 5.74) is 0. The van der Waals surface area contributed by atoms with Gasteiger partial charge in [0.25, 0.3) is 0 Å². The molecule has 2 aromatic heterocycles. The van der Waals surface area contributed by atoms with Gasteiger partial charge in [-0.3, -0.25) is 0 Å². The topological polar surface area (TPSA) is 62.3 Å². The molecule has 2 heterocycles. The first-order valence-electron chi connectivity index (χ1n) is 6.68. The van der Waals surface area contributed by atoms with E-state index in [1.165, 1.54) is 4.31 Å². The van der Waals surface area contributed by atoms with Crippen molar-refractivity contribution in [3.63, 3.8) is 0 Å². The van der Waals surface area contributed by atoms with Crippen molar-refractivity contribution in [3.05, 3.63) is 40.7 Å². The SMILES string of the molecule is CCNc1ncccc1S(=O)(=O)N(C)C(C)c1cccs1. The van der Waals surface area contributed by atoms with Gasteiger partial charge < -0.3 is 5.32 Å². The molecule has 0 radical (unpaired) electrons. The smallest absolute Gasteiger partial charge is 0.247 e. The van der Waals surface area contributed by atoms with Crippen LogP contribution < -0.4 is 5.32 Å². The van der Waals surface area contributed by atoms with Gasteiger partial charge in [0, 0.05) is 24.7 Å². The van der Waals surface area contributed by atoms with Gasteiger partial charge >= 0.3 is 0 Å². The third-order valence-electron chi connectivity index (χ3n) is 3.27. The summed E-state index contributed by atoms with van der Waals surface area (Å²) in [6, 6.07) is 6.86. The van der Waals surface area contributed by atoms with Crippen molar-refractivity contribution in [2.45, 2.75) is 24.8 Å². The third kappa shape index (κ3) is 3.25. The molecule has 0 aromatic carbocycles. The van der Waals surface area contributed by atoms with E-state index < -0.39 is 10.0 Å². The number of pyridine rings is 1. The first kappa shape index (κ1) is 15.9. The highest BCUT2D eigenvalue weighted by Gasteiger charge is 2.29. The number of hydrogen-bond donors (Lipinski definition) is 1. The van der Waals surface area contributed by atoms with Crippen molar-refractivity contribution in [2.75, 3.05) is 18.9 Å². The fourth-order valence-electron chi connectivity index (χ4n) is 1.97. The Morgan fingerprint density at radius 2 is 2.14 bits per heavy atom. The summed E-state index contributed by atoms with van der Waals surface area (Å²) in [5.74, 6) is 0.394. The lowest BCUT2D eigenvalue weighted by Gasteiger charge is -2.24. The van der Waals surface area contributed by atoms with E-state index in [1.807, 2.05) is 31.4 Å². The molecule has 2 rings (SSSR count). The van der Waals surface area contributed by atoms with Crippen LogP contribution in [0.3, 0.4) is 0 Å². The van der Waals surface area contributed by atoms with Crippen molar-refractivity contribution in [1.82, 2.24) is 9.29 Å². The molecule has 0 saturated carbocycles. The summed E-state index contributed by atoms with van der Waals surface area (Å²) in [5, 5.41) is 4.94. The maximum Gasteiger partial charge on any atom is 0.247 e. The van der Waals surface area contributed by atoms with E-state index in [-0.39, 0.29) is 10.9 Å². The summed E-state index contributed by atoms with van der Waals surface area (Å²) < 4.78 is 27.0. The second kappa shape index (κ2) is 6.55. The monoisotopic (exact) mass is 325 g/mol. The molecule has 0 aliphatic rings. The van der Waals surface area contributed by atoms with Crippen molar-refractivity contribution in [2.24, 2.45) is 0 Å². The molecule has 0 amide bonds. The Hall–Kier alpha value is -1.44. The Bertz CT molecular complexity index is 684. The van der Waals surface area contributed by atoms with E-state index in [0.717, 1.165) is 4.88 Å². The first-order valence-corrected chi connectivity index (χ1v) is 9.00. The van der Waals surface area contributed by atoms with E-state index in [4.69, 9.17) is 0 Å². The van der Waals surface area contributed by atoms with Gasteiger partial charge in [-0.2, -0.15) is 4.31 Å². The molecular formula is C14H19N3O2S2. The lowest BCUT2D eigenvalue weighted by molar-refractivity contribution is 0.403. The summed E-state index contributed by atoms with van der Waals surface area (Å²) in [6.07, 6.45) is 1.58. The minimum absolute atomic E-state index is 0.206. The van der Waals surface area contributed by atoms with Gasteiger partial charge in [0.2, 0.25) is 10.0 Å². The average Bonchev–Trinajstić information content (AvgIpc) is 3.00. The van der Waals surface area contributed by atoms with Crippen molar-refractivity contribution in [1.29, 1.82) is 0 Å². The molecule has 0 saturated heterocycles. The summed E-state index contributed by atoms with van der Waals surface area (Å²) in [4.78, 5) is 5.34. The van der Waals surface area contributed by atoms with Crippen LogP contribution in [0.15, 0.2) is 40.7 Å². The molecule has 1 N–H and O–H groups in total. The van der Waals surface area contributed by atoms with Gasteiger partial charge in [-0.05, 0) is 37.4 Å². The predicted octanol–water partition coefficient (Wildman–Crippen LogP) is 2.96. The number of nitrogens with one attached hydrogen (secondary N) is 1. The van der Waals surface area contributed by atoms with Gasteiger partial charge in [-0.25, -0.2) is 13.4 Å². The Morgan fingerprint density at radius 3 is 2.76 bits per heavy atom. The normalized spacial score (nSPS) is 13.3. The zero-order valence-electron chi connectivity index (χ0n) is 12.3. The van der Waals surface area contributed by atoms with E-state index in [0.29, 0.717) is 12.4 Å². The van der Waals surface area contributed by atoms with Gasteiger partial charge in [-0.15, -0.1) is 11.3 Å². The summed E-state index contributed by atoms with van der Waals surface area (Å²) in [7, 11) is -2.00. The van der Waals surface area contributed by atoms with Gasteiger partial charge in [0.1, 0.15) is 10.7 Å². The molecule has 0 fully saturated rings. The number of rotatable bonds is 6. The van der Waals surface area contributed by atoms with Gasteiger partial charge in [0.15, 0.2) is 0 Å². The Labute approximate surface area is 129 Å². The number of thiophene rings is 1. The van der Waals surface area contributed by atoms with Crippen molar-refractivity contribution < 1.29 is 8.42 Å². The fourth-order valence-corrected chi connectivity index (χ4v) is 4.32. The zero-order valence-corrected chi connectivity index (χ0v) is 13.9. The Kier molecular flexibility index (Phi) is 4.97. The number of anilines is 1. The van der Waals surface area contributed by atoms with Crippen LogP contribution in [0.25, 0.3) is 0 Å². The summed E-state index contributed by atoms with van der Waals surface area (Å²) >= 11 is 1.55. The predicted molar refractivity (Wildman–Crippen MR) is 86.1 cm³/mol. The standard InChI is InChI=1S/C14H19N3O2S2/c1-4-15-14-13(8-5-9-16-14)21(18,19)17(3)11(2)12-7-6-10-20-12/h5-11H,4H2,1-3H3,(H,15,16). The highest BCUT2D eigenvalue weighted by Crippen LogP contribution is 2.30. The largest absolute Gasteiger partial charge is 0.369 e. The lowest BCUT2D eigenvalue weighted by Crippen LogP contribution is -2.30. The van der Waals surface area contributed by atoms with Crippen LogP contribution in [0.5, 0.6) is 0 Å². The Morgan fingerprint density at radius 1 is 1.38 bits per heavy atom. The molecule has 5 nitrogen and oxygen atoms in total. The number of nitrogens with zero attached hydrogens (tertiary/aromatic N) is 2. The van der Waals surface area contributed by atoms with Crippen LogP contribution in [0.4, 0.5) is 5.82 Å². The van der Waals surface area contributed by atoms with Crippen LogP contribution in [-0.2, 0) is 10.0 Å². The minimum atomic E-state index is -3.60. The van der Waals surface area contributed by atoms with Crippen LogP contribution in [0, 0.1) is 0 Å². The number of sulfonamides is 1. The van der Waals surface area contributed by atoms with Crippen molar-refractivity contribution in [3.8, 4) is 0 Å². The van der Waals surface area contributed by atoms with E-state index in [2.05, 4.69) is 10.3 Å². The van der Waals surface area contributed by atoms with Crippen LogP contribution in [0.1, 0.15) is 24.8 Å². The number of aromatic nitrogens is 1. The van der Waals surface area contributed by atoms with Gasteiger partial charge in [0.05, 0.1) is 6.04 Å². The third-order valence-corrected chi connectivity index (χ3v) is 6.27. The lowest BCUT2D eigenvalue weighted by atomic mass is 10.3. The molecular weight excluding hydrogens is 306 g/mol. The van der Waals surface area contributed by atoms with E-state index in [1.54, 1.807) is 36.7 Å². The van der Waals surface area contributed by atoms with E-state index >= 15 is 0 Å². The maximum atomic E-state index is 12.8. The molecule has 0 aliphatic heterocycles. The van der Waals surface area contributed by atoms with Crippen molar-refractivity contribution >= 4 is 27.2 Å². The van der Waals surface area contributed by atoms with Crippen LogP contribution in [-0.4, -0.2) is 31.3 Å². The second-order valence-electron chi connectivity index (χ2n) is 4.59. The molecule has 114 valence electrons. The highest BCUT2D eigenvalue weighted by molar-refractivity contribution is 7.89. The number of hydrogen-bond acceptors (Lipinski definition) is 5. The average molecular weight is 325 g/mol. The molecule has 0 spiro atoms. The highest BCUT2D eigenvalue weighted by atomic mass is 32.2. The zero-order chi connectivity index (χ0) is 15.5. The van der Waals surface area contributed by atoms with E-state index in [9.17, 15) is 8.42 Å². The molecule has 7 heteroatoms. The fraction of sp³-hybridized carbons (Fsp3) is 0.357. The molecule has 21 heavy (non-hydrogen) atoms. The van der Waals surface area contributed by atoms with Gasteiger partial charge in [-0.1, -0.05) is 6.07 Å². The quantitative estimate of drug-likeness (QED) is 0.887. The second-order valence-corrected chi connectivity index (χ2v) is 7.54. The maximum absolute atomic E-state index is 12.8. The van der Waals surface area contributed by atoms with Crippen LogP contribution in [0.2, 0.25) is 0 Å². The first-order chi connectivity index (χ1) is 9.98. The molecule has 0 bridgehead atoms. The Balaban J connectivity index is 2.38. The summed E-state index contributed by atoms with van der Waals surface area (Å²) in [6.45, 7) is 4.40. The molecule has 1 unspecified atom stereocenters. The van der Waals surface area contributed by atoms with Crippen LogP contribution >= 0.6 is 11.3 Å².